The molecular formula is C11H15N3O5S. The van der Waals surface area contributed by atoms with E-state index in [9.17, 15) is 18.0 Å². The predicted octanol–water partition coefficient (Wildman–Crippen LogP) is 0.678. The molecule has 0 bridgehead atoms. The average Bonchev–Trinajstić information content (AvgIpc) is 2.45. The normalized spacial score (nSPS) is 10.5. The number of urea groups is 1. The molecule has 2 N–H and O–H groups in total. The van der Waals surface area contributed by atoms with Crippen LogP contribution in [0.2, 0.25) is 0 Å². The summed E-state index contributed by atoms with van der Waals surface area (Å²) in [4.78, 5) is 22.8. The fourth-order valence-electron chi connectivity index (χ4n) is 1.27. The predicted molar refractivity (Wildman–Crippen MR) is 70.1 cm³/mol. The van der Waals surface area contributed by atoms with Crippen LogP contribution >= 0.6 is 0 Å². The first kappa shape index (κ1) is 15.8. The minimum Gasteiger partial charge on any atom is -0.449 e. The summed E-state index contributed by atoms with van der Waals surface area (Å²) in [7, 11) is -2.98. The molecule has 1 aromatic rings. The summed E-state index contributed by atoms with van der Waals surface area (Å²) < 4.78 is 29.3. The van der Waals surface area contributed by atoms with E-state index < -0.39 is 22.1 Å². The molecule has 0 saturated carbocycles. The minimum atomic E-state index is -4.22. The van der Waals surface area contributed by atoms with Crippen molar-refractivity contribution in [1.29, 1.82) is 0 Å². The van der Waals surface area contributed by atoms with Gasteiger partial charge in [-0.25, -0.2) is 15.0 Å². The van der Waals surface area contributed by atoms with E-state index in [2.05, 4.69) is 10.1 Å². The summed E-state index contributed by atoms with van der Waals surface area (Å²) >= 11 is 0. The molecule has 0 aliphatic heterocycles. The molecule has 1 rings (SSSR count). The van der Waals surface area contributed by atoms with E-state index in [0.717, 1.165) is 0 Å². The maximum Gasteiger partial charge on any atom is 0.427 e. The lowest BCUT2D eigenvalue weighted by molar-refractivity contribution is 0.134. The van der Waals surface area contributed by atoms with Gasteiger partial charge in [-0.15, -0.1) is 4.41 Å². The second kappa shape index (κ2) is 6.75. The van der Waals surface area contributed by atoms with Crippen LogP contribution in [-0.4, -0.2) is 38.6 Å². The van der Waals surface area contributed by atoms with Crippen molar-refractivity contribution in [3.05, 3.63) is 30.3 Å². The van der Waals surface area contributed by atoms with Gasteiger partial charge >= 0.3 is 12.1 Å². The van der Waals surface area contributed by atoms with Gasteiger partial charge in [0.1, 0.15) is 0 Å². The SMILES string of the molecule is CCOC(=O)NN(C(=O)NC)S(=O)(=O)c1ccccc1. The molecule has 3 amide bonds. The minimum absolute atomic E-state index is 0.0405. The van der Waals surface area contributed by atoms with Crippen molar-refractivity contribution >= 4 is 22.1 Å². The summed E-state index contributed by atoms with van der Waals surface area (Å²) in [6.45, 7) is 1.59. The topological polar surface area (TPSA) is 105 Å². The van der Waals surface area contributed by atoms with Crippen LogP contribution in [0.3, 0.4) is 0 Å². The van der Waals surface area contributed by atoms with E-state index >= 15 is 0 Å². The second-order valence-corrected chi connectivity index (χ2v) is 5.26. The molecule has 110 valence electrons. The van der Waals surface area contributed by atoms with Crippen LogP contribution in [0.5, 0.6) is 0 Å². The van der Waals surface area contributed by atoms with Gasteiger partial charge in [-0.1, -0.05) is 18.2 Å². The molecule has 9 heteroatoms. The summed E-state index contributed by atoms with van der Waals surface area (Å²) in [5.74, 6) is 0. The summed E-state index contributed by atoms with van der Waals surface area (Å²) in [5.41, 5.74) is 1.88. The highest BCUT2D eigenvalue weighted by atomic mass is 32.2. The van der Waals surface area contributed by atoms with E-state index in [4.69, 9.17) is 0 Å². The van der Waals surface area contributed by atoms with E-state index in [1.54, 1.807) is 13.0 Å². The number of hydrogen-bond donors (Lipinski definition) is 2. The Balaban J connectivity index is 3.11. The standard InChI is InChI=1S/C11H15N3O5S/c1-3-19-11(16)13-14(10(15)12-2)20(17,18)9-7-5-4-6-8-9/h4-8H,3H2,1-2H3,(H,12,15)(H,13,16). The molecule has 0 spiro atoms. The van der Waals surface area contributed by atoms with Gasteiger partial charge in [0.15, 0.2) is 0 Å². The Kier molecular flexibility index (Phi) is 5.32. The molecule has 0 heterocycles. The van der Waals surface area contributed by atoms with Crippen molar-refractivity contribution in [3.8, 4) is 0 Å². The maximum absolute atomic E-state index is 12.3. The highest BCUT2D eigenvalue weighted by molar-refractivity contribution is 7.89. The number of rotatable bonds is 3. The number of carbonyl (C=O) groups excluding carboxylic acids is 2. The number of nitrogens with zero attached hydrogens (tertiary/aromatic N) is 1. The molecule has 8 nitrogen and oxygen atoms in total. The maximum atomic E-state index is 12.3. The van der Waals surface area contributed by atoms with Gasteiger partial charge in [0.25, 0.3) is 10.0 Å². The number of carbonyl (C=O) groups is 2. The molecule has 0 aromatic heterocycles. The Labute approximate surface area is 116 Å². The second-order valence-electron chi connectivity index (χ2n) is 3.47. The monoisotopic (exact) mass is 301 g/mol. The summed E-state index contributed by atoms with van der Waals surface area (Å²) in [5, 5.41) is 2.13. The van der Waals surface area contributed by atoms with E-state index in [1.165, 1.54) is 31.3 Å². The van der Waals surface area contributed by atoms with E-state index in [-0.39, 0.29) is 15.9 Å². The molecule has 0 radical (unpaired) electrons. The van der Waals surface area contributed by atoms with Crippen molar-refractivity contribution in [2.45, 2.75) is 11.8 Å². The zero-order valence-electron chi connectivity index (χ0n) is 11.0. The third-order valence-corrected chi connectivity index (χ3v) is 3.75. The number of hydrazine groups is 1. The number of hydrogen-bond acceptors (Lipinski definition) is 5. The van der Waals surface area contributed by atoms with Gasteiger partial charge in [0, 0.05) is 7.05 Å². The highest BCUT2D eigenvalue weighted by Crippen LogP contribution is 2.13. The van der Waals surface area contributed by atoms with Crippen molar-refractivity contribution in [1.82, 2.24) is 15.2 Å². The Morgan fingerprint density at radius 2 is 1.85 bits per heavy atom. The van der Waals surface area contributed by atoms with Crippen LogP contribution in [-0.2, 0) is 14.8 Å². The van der Waals surface area contributed by atoms with Gasteiger partial charge in [-0.05, 0) is 19.1 Å². The Morgan fingerprint density at radius 1 is 1.25 bits per heavy atom. The van der Waals surface area contributed by atoms with Gasteiger partial charge in [-0.3, -0.25) is 0 Å². The van der Waals surface area contributed by atoms with Crippen molar-refractivity contribution < 1.29 is 22.7 Å². The third-order valence-electron chi connectivity index (χ3n) is 2.15. The van der Waals surface area contributed by atoms with Crippen LogP contribution in [0.25, 0.3) is 0 Å². The Bertz CT molecular complexity index is 573. The van der Waals surface area contributed by atoms with Crippen molar-refractivity contribution in [2.75, 3.05) is 13.7 Å². The molecule has 0 saturated heterocycles. The Hall–Kier alpha value is -2.29. The lowest BCUT2D eigenvalue weighted by Gasteiger charge is -2.21. The summed E-state index contributed by atoms with van der Waals surface area (Å²) in [6, 6.07) is 6.22. The number of sulfonamides is 1. The first-order valence-corrected chi connectivity index (χ1v) is 7.13. The molecule has 1 aromatic carbocycles. The van der Waals surface area contributed by atoms with Gasteiger partial charge in [-0.2, -0.15) is 8.42 Å². The number of amides is 3. The number of benzene rings is 1. The molecule has 0 unspecified atom stereocenters. The number of ether oxygens (including phenoxy) is 1. The fraction of sp³-hybridized carbons (Fsp3) is 0.273. The average molecular weight is 301 g/mol. The Morgan fingerprint density at radius 3 is 2.35 bits per heavy atom. The van der Waals surface area contributed by atoms with E-state index in [0.29, 0.717) is 0 Å². The van der Waals surface area contributed by atoms with Crippen LogP contribution in [0.1, 0.15) is 6.92 Å². The summed E-state index contributed by atoms with van der Waals surface area (Å²) in [6.07, 6.45) is -1.05. The highest BCUT2D eigenvalue weighted by Gasteiger charge is 2.30. The van der Waals surface area contributed by atoms with Gasteiger partial charge in [0.2, 0.25) is 0 Å². The van der Waals surface area contributed by atoms with E-state index in [1.807, 2.05) is 5.43 Å². The van der Waals surface area contributed by atoms with Crippen LogP contribution < -0.4 is 10.7 Å². The quantitative estimate of drug-likeness (QED) is 0.799. The van der Waals surface area contributed by atoms with Gasteiger partial charge in [0.05, 0.1) is 11.5 Å². The molecule has 0 aliphatic carbocycles. The molecule has 20 heavy (non-hydrogen) atoms. The molecule has 0 fully saturated rings. The molecular weight excluding hydrogens is 286 g/mol. The largest absolute Gasteiger partial charge is 0.449 e. The zero-order valence-corrected chi connectivity index (χ0v) is 11.8. The van der Waals surface area contributed by atoms with Crippen LogP contribution in [0, 0.1) is 0 Å². The zero-order chi connectivity index (χ0) is 15.2. The lowest BCUT2D eigenvalue weighted by Crippen LogP contribution is -2.52. The lowest BCUT2D eigenvalue weighted by atomic mass is 10.4. The van der Waals surface area contributed by atoms with Crippen LogP contribution in [0.15, 0.2) is 35.2 Å². The third kappa shape index (κ3) is 3.60. The fourth-order valence-corrected chi connectivity index (χ4v) is 2.48. The molecule has 0 aliphatic rings. The van der Waals surface area contributed by atoms with Gasteiger partial charge < -0.3 is 10.1 Å². The number of nitrogens with one attached hydrogen (secondary N) is 2. The first-order valence-electron chi connectivity index (χ1n) is 5.69. The first-order chi connectivity index (χ1) is 9.43. The van der Waals surface area contributed by atoms with Crippen molar-refractivity contribution in [3.63, 3.8) is 0 Å². The molecule has 0 atom stereocenters. The van der Waals surface area contributed by atoms with Crippen LogP contribution in [0.4, 0.5) is 9.59 Å². The smallest absolute Gasteiger partial charge is 0.427 e. The van der Waals surface area contributed by atoms with Crippen molar-refractivity contribution in [2.24, 2.45) is 0 Å².